The van der Waals surface area contributed by atoms with Crippen molar-refractivity contribution >= 4 is 34.1 Å². The van der Waals surface area contributed by atoms with Crippen LogP contribution in [0.1, 0.15) is 18.9 Å². The van der Waals surface area contributed by atoms with Crippen LogP contribution < -0.4 is 15.8 Å². The van der Waals surface area contributed by atoms with Gasteiger partial charge in [-0.25, -0.2) is 4.98 Å². The summed E-state index contributed by atoms with van der Waals surface area (Å²) in [7, 11) is 0. The molecular weight excluding hydrogens is 356 g/mol. The molecule has 3 aromatic rings. The highest BCUT2D eigenvalue weighted by atomic mass is 16.2. The van der Waals surface area contributed by atoms with Gasteiger partial charge in [0.15, 0.2) is 0 Å². The zero-order valence-electron chi connectivity index (χ0n) is 15.7. The molecule has 0 saturated carbocycles. The lowest BCUT2D eigenvalue weighted by Crippen LogP contribution is -2.42. The number of aryl methyl sites for hydroxylation is 1. The van der Waals surface area contributed by atoms with Crippen LogP contribution in [0.25, 0.3) is 10.9 Å². The number of nitrogens with one attached hydrogen (secondary N) is 1. The van der Waals surface area contributed by atoms with E-state index < -0.39 is 0 Å². The first-order valence-corrected chi connectivity index (χ1v) is 9.11. The molecule has 1 aliphatic heterocycles. The molecule has 28 heavy (non-hydrogen) atoms. The van der Waals surface area contributed by atoms with E-state index in [-0.39, 0.29) is 36.4 Å². The molecule has 2 amide bonds. The van der Waals surface area contributed by atoms with Crippen molar-refractivity contribution in [3.05, 3.63) is 64.7 Å². The molecular formula is C21H20N4O3. The number of amides is 2. The van der Waals surface area contributed by atoms with Crippen molar-refractivity contribution in [3.63, 3.8) is 0 Å². The lowest BCUT2D eigenvalue weighted by Gasteiger charge is -2.28. The van der Waals surface area contributed by atoms with Gasteiger partial charge >= 0.3 is 0 Å². The van der Waals surface area contributed by atoms with Crippen LogP contribution in [0.2, 0.25) is 0 Å². The molecule has 0 fully saturated rings. The summed E-state index contributed by atoms with van der Waals surface area (Å²) >= 11 is 0. The highest BCUT2D eigenvalue weighted by molar-refractivity contribution is 6.04. The van der Waals surface area contributed by atoms with E-state index in [1.54, 1.807) is 35.2 Å². The molecule has 2 heterocycles. The minimum Gasteiger partial charge on any atom is -0.324 e. The number of para-hydroxylation sites is 2. The number of carbonyl (C=O) groups excluding carboxylic acids is 2. The van der Waals surface area contributed by atoms with Gasteiger partial charge in [-0.15, -0.1) is 0 Å². The molecule has 142 valence electrons. The Morgan fingerprint density at radius 3 is 2.82 bits per heavy atom. The molecule has 0 bridgehead atoms. The number of anilines is 2. The van der Waals surface area contributed by atoms with Gasteiger partial charge in [0.05, 0.1) is 28.6 Å². The molecule has 0 aliphatic carbocycles. The normalized spacial score (nSPS) is 16.4. The third-order valence-electron chi connectivity index (χ3n) is 4.91. The van der Waals surface area contributed by atoms with E-state index in [1.807, 2.05) is 26.0 Å². The first-order valence-electron chi connectivity index (χ1n) is 9.11. The Balaban J connectivity index is 1.72. The number of benzene rings is 2. The maximum absolute atomic E-state index is 13.2. The smallest absolute Gasteiger partial charge is 0.261 e. The second kappa shape index (κ2) is 6.92. The van der Waals surface area contributed by atoms with Gasteiger partial charge in [0.1, 0.15) is 6.54 Å². The van der Waals surface area contributed by atoms with Gasteiger partial charge < -0.3 is 10.2 Å². The fraction of sp³-hybridized carbons (Fsp3) is 0.238. The zero-order chi connectivity index (χ0) is 19.8. The average Bonchev–Trinajstić information content (AvgIpc) is 2.78. The molecule has 1 unspecified atom stereocenters. The van der Waals surface area contributed by atoms with Crippen LogP contribution in [0.3, 0.4) is 0 Å². The van der Waals surface area contributed by atoms with Crippen molar-refractivity contribution in [1.82, 2.24) is 9.55 Å². The molecule has 2 aromatic carbocycles. The second-order valence-electron chi connectivity index (χ2n) is 7.08. The third-order valence-corrected chi connectivity index (χ3v) is 4.91. The molecule has 0 spiro atoms. The van der Waals surface area contributed by atoms with Crippen LogP contribution in [0.5, 0.6) is 0 Å². The fourth-order valence-electron chi connectivity index (χ4n) is 3.58. The summed E-state index contributed by atoms with van der Waals surface area (Å²) < 4.78 is 1.32. The second-order valence-corrected chi connectivity index (χ2v) is 7.08. The van der Waals surface area contributed by atoms with Gasteiger partial charge in [-0.05, 0) is 38.1 Å². The molecule has 1 N–H and O–H groups in total. The summed E-state index contributed by atoms with van der Waals surface area (Å²) in [6, 6.07) is 12.3. The molecule has 0 radical (unpaired) electrons. The monoisotopic (exact) mass is 376 g/mol. The van der Waals surface area contributed by atoms with Crippen LogP contribution in [0.4, 0.5) is 11.4 Å². The molecule has 7 nitrogen and oxygen atoms in total. The number of carbonyl (C=O) groups is 2. The molecule has 0 saturated heterocycles. The summed E-state index contributed by atoms with van der Waals surface area (Å²) in [5.74, 6) is -0.414. The van der Waals surface area contributed by atoms with Crippen molar-refractivity contribution < 1.29 is 9.59 Å². The maximum Gasteiger partial charge on any atom is 0.261 e. The minimum absolute atomic E-state index is 0.143. The maximum atomic E-state index is 13.2. The number of nitrogens with zero attached hydrogens (tertiary/aromatic N) is 3. The van der Waals surface area contributed by atoms with Crippen LogP contribution in [-0.2, 0) is 16.1 Å². The lowest BCUT2D eigenvalue weighted by atomic mass is 10.1. The van der Waals surface area contributed by atoms with Crippen molar-refractivity contribution in [3.8, 4) is 0 Å². The Morgan fingerprint density at radius 2 is 2.00 bits per heavy atom. The van der Waals surface area contributed by atoms with E-state index in [9.17, 15) is 14.4 Å². The Labute approximate surface area is 161 Å². The van der Waals surface area contributed by atoms with Crippen LogP contribution in [0.15, 0.2) is 53.6 Å². The molecule has 1 aromatic heterocycles. The molecule has 1 atom stereocenters. The van der Waals surface area contributed by atoms with E-state index in [2.05, 4.69) is 10.3 Å². The molecule has 1 aliphatic rings. The summed E-state index contributed by atoms with van der Waals surface area (Å²) in [6.07, 6.45) is 1.58. The van der Waals surface area contributed by atoms with E-state index >= 15 is 0 Å². The first-order chi connectivity index (χ1) is 13.4. The Bertz CT molecular complexity index is 1150. The van der Waals surface area contributed by atoms with Crippen LogP contribution in [0, 0.1) is 6.92 Å². The average molecular weight is 376 g/mol. The Morgan fingerprint density at radius 1 is 1.21 bits per heavy atom. The highest BCUT2D eigenvalue weighted by Gasteiger charge is 2.29. The van der Waals surface area contributed by atoms with Crippen LogP contribution >= 0.6 is 0 Å². The number of rotatable bonds is 2. The molecule has 4 rings (SSSR count). The number of hydrogen-bond acceptors (Lipinski definition) is 4. The van der Waals surface area contributed by atoms with Crippen molar-refractivity contribution in [2.24, 2.45) is 0 Å². The predicted octanol–water partition coefficient (Wildman–Crippen LogP) is 2.47. The van der Waals surface area contributed by atoms with Gasteiger partial charge in [-0.1, -0.05) is 23.8 Å². The number of aromatic nitrogens is 2. The predicted molar refractivity (Wildman–Crippen MR) is 107 cm³/mol. The summed E-state index contributed by atoms with van der Waals surface area (Å²) in [6.45, 7) is 3.58. The van der Waals surface area contributed by atoms with E-state index in [0.29, 0.717) is 22.3 Å². The van der Waals surface area contributed by atoms with Gasteiger partial charge in [0.2, 0.25) is 11.8 Å². The number of hydrogen-bond donors (Lipinski definition) is 1. The highest BCUT2D eigenvalue weighted by Crippen LogP contribution is 2.31. The van der Waals surface area contributed by atoms with E-state index in [4.69, 9.17) is 0 Å². The largest absolute Gasteiger partial charge is 0.324 e. The lowest BCUT2D eigenvalue weighted by molar-refractivity contribution is -0.120. The SMILES string of the molecule is Cc1ccc2ncn(CC(=O)N3c4ccccc4NC(=O)CC3C)c(=O)c2c1. The topological polar surface area (TPSA) is 84.3 Å². The third kappa shape index (κ3) is 3.15. The summed E-state index contributed by atoms with van der Waals surface area (Å²) in [5.41, 5.74) is 2.51. The van der Waals surface area contributed by atoms with Gasteiger partial charge in [-0.2, -0.15) is 0 Å². The van der Waals surface area contributed by atoms with E-state index in [1.165, 1.54) is 10.9 Å². The number of fused-ring (bicyclic) bond motifs is 2. The standard InChI is InChI=1S/C21H20N4O3/c1-13-7-8-16-15(9-13)21(28)24(12-22-16)11-20(27)25-14(2)10-19(26)23-17-5-3-4-6-18(17)25/h3-9,12,14H,10-11H2,1-2H3,(H,23,26). The summed E-state index contributed by atoms with van der Waals surface area (Å²) in [4.78, 5) is 44.0. The van der Waals surface area contributed by atoms with Crippen LogP contribution in [-0.4, -0.2) is 27.4 Å². The van der Waals surface area contributed by atoms with Crippen molar-refractivity contribution in [2.75, 3.05) is 10.2 Å². The van der Waals surface area contributed by atoms with Gasteiger partial charge in [0.25, 0.3) is 5.56 Å². The Hall–Kier alpha value is -3.48. The zero-order valence-corrected chi connectivity index (χ0v) is 15.7. The van der Waals surface area contributed by atoms with Crippen molar-refractivity contribution in [2.45, 2.75) is 32.9 Å². The van der Waals surface area contributed by atoms with Gasteiger partial charge in [-0.3, -0.25) is 19.0 Å². The fourth-order valence-corrected chi connectivity index (χ4v) is 3.58. The quantitative estimate of drug-likeness (QED) is 0.745. The van der Waals surface area contributed by atoms with E-state index in [0.717, 1.165) is 5.56 Å². The summed E-state index contributed by atoms with van der Waals surface area (Å²) in [5, 5.41) is 3.31. The molecule has 7 heteroatoms. The minimum atomic E-state index is -0.331. The van der Waals surface area contributed by atoms with Gasteiger partial charge in [0, 0.05) is 12.5 Å². The van der Waals surface area contributed by atoms with Crippen molar-refractivity contribution in [1.29, 1.82) is 0 Å². The Kier molecular flexibility index (Phi) is 4.43. The first kappa shape index (κ1) is 17.9.